The van der Waals surface area contributed by atoms with Gasteiger partial charge in [-0.1, -0.05) is 23.7 Å². The van der Waals surface area contributed by atoms with E-state index in [1.165, 1.54) is 7.11 Å². The number of rotatable bonds is 6. The lowest BCUT2D eigenvalue weighted by Crippen LogP contribution is -2.29. The minimum absolute atomic E-state index is 0.214. The van der Waals surface area contributed by atoms with Crippen molar-refractivity contribution in [1.29, 1.82) is 0 Å². The SMILES string of the molecule is COc1ccc(C[C@H](Oc2ccc(C)c(C)c2)C(=O)O)cc1Cl. The number of ether oxygens (including phenoxy) is 2. The molecule has 5 heteroatoms. The van der Waals surface area contributed by atoms with Gasteiger partial charge in [-0.05, 0) is 54.8 Å². The summed E-state index contributed by atoms with van der Waals surface area (Å²) < 4.78 is 10.7. The summed E-state index contributed by atoms with van der Waals surface area (Å²) in [5.74, 6) is 0.0765. The predicted octanol–water partition coefficient (Wildman–Crippen LogP) is 4.04. The highest BCUT2D eigenvalue weighted by Gasteiger charge is 2.21. The summed E-state index contributed by atoms with van der Waals surface area (Å²) in [6.45, 7) is 3.95. The Morgan fingerprint density at radius 2 is 1.91 bits per heavy atom. The second-order valence-corrected chi connectivity index (χ2v) is 5.77. The number of carbonyl (C=O) groups is 1. The predicted molar refractivity (Wildman–Crippen MR) is 89.7 cm³/mol. The zero-order valence-corrected chi connectivity index (χ0v) is 14.1. The Labute approximate surface area is 140 Å². The van der Waals surface area contributed by atoms with Gasteiger partial charge in [-0.15, -0.1) is 0 Å². The van der Waals surface area contributed by atoms with E-state index in [9.17, 15) is 9.90 Å². The Morgan fingerprint density at radius 3 is 2.48 bits per heavy atom. The van der Waals surface area contributed by atoms with Crippen LogP contribution in [0.4, 0.5) is 0 Å². The minimum Gasteiger partial charge on any atom is -0.495 e. The molecule has 122 valence electrons. The number of methoxy groups -OCH3 is 1. The first kappa shape index (κ1) is 17.2. The first-order valence-electron chi connectivity index (χ1n) is 7.20. The first-order chi connectivity index (χ1) is 10.9. The number of carboxylic acid groups (broad SMARTS) is 1. The molecule has 0 fully saturated rings. The fraction of sp³-hybridized carbons (Fsp3) is 0.278. The van der Waals surface area contributed by atoms with E-state index < -0.39 is 12.1 Å². The molecule has 2 rings (SSSR count). The van der Waals surface area contributed by atoms with E-state index in [1.54, 1.807) is 24.3 Å². The Morgan fingerprint density at radius 1 is 1.17 bits per heavy atom. The molecule has 23 heavy (non-hydrogen) atoms. The highest BCUT2D eigenvalue weighted by atomic mass is 35.5. The van der Waals surface area contributed by atoms with E-state index in [1.807, 2.05) is 26.0 Å². The van der Waals surface area contributed by atoms with Crippen molar-refractivity contribution in [2.24, 2.45) is 0 Å². The van der Waals surface area contributed by atoms with Crippen LogP contribution in [0.2, 0.25) is 5.02 Å². The molecule has 2 aromatic rings. The number of hydrogen-bond acceptors (Lipinski definition) is 3. The largest absolute Gasteiger partial charge is 0.495 e. The number of halogens is 1. The van der Waals surface area contributed by atoms with Crippen LogP contribution in [0.15, 0.2) is 36.4 Å². The van der Waals surface area contributed by atoms with Crippen molar-refractivity contribution in [3.63, 3.8) is 0 Å². The summed E-state index contributed by atoms with van der Waals surface area (Å²) in [4.78, 5) is 11.5. The molecule has 0 spiro atoms. The maximum absolute atomic E-state index is 11.5. The molecule has 0 amide bonds. The van der Waals surface area contributed by atoms with Crippen molar-refractivity contribution in [2.75, 3.05) is 7.11 Å². The smallest absolute Gasteiger partial charge is 0.345 e. The number of hydrogen-bond donors (Lipinski definition) is 1. The summed E-state index contributed by atoms with van der Waals surface area (Å²) in [7, 11) is 1.53. The highest BCUT2D eigenvalue weighted by molar-refractivity contribution is 6.32. The fourth-order valence-electron chi connectivity index (χ4n) is 2.18. The molecule has 0 aliphatic heterocycles. The Balaban J connectivity index is 2.17. The van der Waals surface area contributed by atoms with Crippen LogP contribution in [0.5, 0.6) is 11.5 Å². The van der Waals surface area contributed by atoms with E-state index >= 15 is 0 Å². The molecule has 0 radical (unpaired) electrons. The van der Waals surface area contributed by atoms with Gasteiger partial charge >= 0.3 is 5.97 Å². The third-order valence-electron chi connectivity index (χ3n) is 3.67. The van der Waals surface area contributed by atoms with Crippen LogP contribution in [0.3, 0.4) is 0 Å². The van der Waals surface area contributed by atoms with Crippen molar-refractivity contribution >= 4 is 17.6 Å². The molecule has 0 saturated heterocycles. The maximum atomic E-state index is 11.5. The van der Waals surface area contributed by atoms with Crippen LogP contribution in [0.1, 0.15) is 16.7 Å². The molecular weight excluding hydrogens is 316 g/mol. The highest BCUT2D eigenvalue weighted by Crippen LogP contribution is 2.26. The maximum Gasteiger partial charge on any atom is 0.345 e. The van der Waals surface area contributed by atoms with Gasteiger partial charge in [-0.25, -0.2) is 4.79 Å². The van der Waals surface area contributed by atoms with Crippen LogP contribution in [0, 0.1) is 13.8 Å². The van der Waals surface area contributed by atoms with Gasteiger partial charge in [0.25, 0.3) is 0 Å². The molecule has 0 aromatic heterocycles. The third kappa shape index (κ3) is 4.39. The van der Waals surface area contributed by atoms with E-state index in [4.69, 9.17) is 21.1 Å². The number of aliphatic carboxylic acids is 1. The second kappa shape index (κ2) is 7.38. The lowest BCUT2D eigenvalue weighted by molar-refractivity contribution is -0.145. The lowest BCUT2D eigenvalue weighted by atomic mass is 10.1. The van der Waals surface area contributed by atoms with Gasteiger partial charge in [0.1, 0.15) is 11.5 Å². The van der Waals surface area contributed by atoms with Crippen molar-refractivity contribution in [1.82, 2.24) is 0 Å². The number of carboxylic acids is 1. The number of benzene rings is 2. The summed E-state index contributed by atoms with van der Waals surface area (Å²) in [6.07, 6.45) is -0.770. The molecule has 0 aliphatic rings. The van der Waals surface area contributed by atoms with Crippen LogP contribution < -0.4 is 9.47 Å². The Bertz CT molecular complexity index is 712. The molecule has 0 unspecified atom stereocenters. The van der Waals surface area contributed by atoms with Crippen LogP contribution in [0.25, 0.3) is 0 Å². The van der Waals surface area contributed by atoms with Crippen molar-refractivity contribution in [3.05, 3.63) is 58.1 Å². The van der Waals surface area contributed by atoms with Crippen molar-refractivity contribution in [3.8, 4) is 11.5 Å². The zero-order chi connectivity index (χ0) is 17.0. The van der Waals surface area contributed by atoms with Crippen LogP contribution in [-0.2, 0) is 11.2 Å². The van der Waals surface area contributed by atoms with Crippen LogP contribution >= 0.6 is 11.6 Å². The van der Waals surface area contributed by atoms with Gasteiger partial charge in [0.2, 0.25) is 0 Å². The topological polar surface area (TPSA) is 55.8 Å². The summed E-state index contributed by atoms with van der Waals surface area (Å²) in [5, 5.41) is 9.85. The molecule has 0 bridgehead atoms. The molecule has 1 N–H and O–H groups in total. The quantitative estimate of drug-likeness (QED) is 0.866. The van der Waals surface area contributed by atoms with Gasteiger partial charge < -0.3 is 14.6 Å². The normalized spacial score (nSPS) is 11.8. The van der Waals surface area contributed by atoms with E-state index in [0.29, 0.717) is 16.5 Å². The van der Waals surface area contributed by atoms with Crippen molar-refractivity contribution < 1.29 is 19.4 Å². The molecular formula is C18H19ClO4. The van der Waals surface area contributed by atoms with Gasteiger partial charge in [-0.2, -0.15) is 0 Å². The lowest BCUT2D eigenvalue weighted by Gasteiger charge is -2.16. The molecule has 0 saturated carbocycles. The minimum atomic E-state index is -1.02. The van der Waals surface area contributed by atoms with Crippen LogP contribution in [-0.4, -0.2) is 24.3 Å². The molecule has 4 nitrogen and oxygen atoms in total. The fourth-order valence-corrected chi connectivity index (χ4v) is 2.46. The molecule has 1 atom stereocenters. The molecule has 0 aliphatic carbocycles. The van der Waals surface area contributed by atoms with Crippen molar-refractivity contribution in [2.45, 2.75) is 26.4 Å². The van der Waals surface area contributed by atoms with E-state index in [2.05, 4.69) is 0 Å². The standard InChI is InChI=1S/C18H19ClO4/c1-11-4-6-14(8-12(11)2)23-17(18(20)21)10-13-5-7-16(22-3)15(19)9-13/h4-9,17H,10H2,1-3H3,(H,20,21)/t17-/m0/s1. The summed E-state index contributed by atoms with van der Waals surface area (Å²) in [6, 6.07) is 10.7. The summed E-state index contributed by atoms with van der Waals surface area (Å²) in [5.41, 5.74) is 2.96. The summed E-state index contributed by atoms with van der Waals surface area (Å²) >= 11 is 6.08. The average Bonchev–Trinajstić information content (AvgIpc) is 2.50. The van der Waals surface area contributed by atoms with Gasteiger partial charge in [-0.3, -0.25) is 0 Å². The first-order valence-corrected chi connectivity index (χ1v) is 7.57. The van der Waals surface area contributed by atoms with E-state index in [0.717, 1.165) is 16.7 Å². The monoisotopic (exact) mass is 334 g/mol. The second-order valence-electron chi connectivity index (χ2n) is 5.36. The average molecular weight is 335 g/mol. The van der Waals surface area contributed by atoms with Gasteiger partial charge in [0, 0.05) is 6.42 Å². The molecule has 2 aromatic carbocycles. The Hall–Kier alpha value is -2.20. The number of aryl methyl sites for hydroxylation is 2. The van der Waals surface area contributed by atoms with Gasteiger partial charge in [0.05, 0.1) is 12.1 Å². The van der Waals surface area contributed by atoms with E-state index in [-0.39, 0.29) is 6.42 Å². The molecule has 0 heterocycles. The van der Waals surface area contributed by atoms with Gasteiger partial charge in [0.15, 0.2) is 6.10 Å². The third-order valence-corrected chi connectivity index (χ3v) is 3.96. The Kier molecular flexibility index (Phi) is 5.50. The zero-order valence-electron chi connectivity index (χ0n) is 13.3.